The summed E-state index contributed by atoms with van der Waals surface area (Å²) in [5.74, 6) is 0.315. The molecular formula is C18H31NO. The van der Waals surface area contributed by atoms with Crippen LogP contribution in [0.1, 0.15) is 53.9 Å². The Morgan fingerprint density at radius 2 is 1.85 bits per heavy atom. The molecule has 0 fully saturated rings. The lowest BCUT2D eigenvalue weighted by Crippen LogP contribution is -2.35. The SMILES string of the molecule is C=CCN(C/C=C(/C)CCC=C(C)C)C(=O)C(C)CC. The first-order chi connectivity index (χ1) is 9.42. The van der Waals surface area contributed by atoms with Gasteiger partial charge in [-0.15, -0.1) is 6.58 Å². The van der Waals surface area contributed by atoms with E-state index in [1.54, 1.807) is 6.08 Å². The Hall–Kier alpha value is -1.31. The predicted octanol–water partition coefficient (Wildman–Crippen LogP) is 4.74. The highest BCUT2D eigenvalue weighted by Crippen LogP contribution is 2.10. The van der Waals surface area contributed by atoms with Crippen molar-refractivity contribution in [3.05, 3.63) is 36.0 Å². The number of hydrogen-bond donors (Lipinski definition) is 0. The first kappa shape index (κ1) is 18.7. The first-order valence-corrected chi connectivity index (χ1v) is 7.61. The molecule has 0 saturated carbocycles. The Kier molecular flexibility index (Phi) is 9.79. The zero-order valence-corrected chi connectivity index (χ0v) is 13.9. The maximum absolute atomic E-state index is 12.2. The number of carbonyl (C=O) groups is 1. The Morgan fingerprint density at radius 1 is 1.20 bits per heavy atom. The predicted molar refractivity (Wildman–Crippen MR) is 88.7 cm³/mol. The zero-order chi connectivity index (χ0) is 15.5. The molecule has 0 radical (unpaired) electrons. The molecule has 0 aromatic heterocycles. The third-order valence-electron chi connectivity index (χ3n) is 3.45. The third kappa shape index (κ3) is 7.98. The molecule has 0 saturated heterocycles. The summed E-state index contributed by atoms with van der Waals surface area (Å²) in [7, 11) is 0. The zero-order valence-electron chi connectivity index (χ0n) is 13.9. The fourth-order valence-electron chi connectivity index (χ4n) is 1.85. The maximum Gasteiger partial charge on any atom is 0.225 e. The lowest BCUT2D eigenvalue weighted by atomic mass is 10.1. The van der Waals surface area contributed by atoms with Gasteiger partial charge in [-0.2, -0.15) is 0 Å². The number of allylic oxidation sites excluding steroid dienone is 3. The van der Waals surface area contributed by atoms with Crippen LogP contribution in [0, 0.1) is 5.92 Å². The molecule has 2 heteroatoms. The van der Waals surface area contributed by atoms with E-state index < -0.39 is 0 Å². The van der Waals surface area contributed by atoms with E-state index in [2.05, 4.69) is 46.4 Å². The highest BCUT2D eigenvalue weighted by Gasteiger charge is 2.16. The molecule has 0 heterocycles. The average molecular weight is 277 g/mol. The highest BCUT2D eigenvalue weighted by atomic mass is 16.2. The summed E-state index contributed by atoms with van der Waals surface area (Å²) in [6.45, 7) is 15.5. The number of rotatable bonds is 9. The van der Waals surface area contributed by atoms with Crippen molar-refractivity contribution in [1.82, 2.24) is 4.90 Å². The molecular weight excluding hydrogens is 246 g/mol. The fourth-order valence-corrected chi connectivity index (χ4v) is 1.85. The quantitative estimate of drug-likeness (QED) is 0.557. The largest absolute Gasteiger partial charge is 0.335 e. The number of nitrogens with zero attached hydrogens (tertiary/aromatic N) is 1. The first-order valence-electron chi connectivity index (χ1n) is 7.61. The molecule has 0 rings (SSSR count). The molecule has 1 unspecified atom stereocenters. The van der Waals surface area contributed by atoms with Gasteiger partial charge in [0.2, 0.25) is 5.91 Å². The van der Waals surface area contributed by atoms with Crippen LogP contribution in [-0.2, 0) is 4.79 Å². The third-order valence-corrected chi connectivity index (χ3v) is 3.45. The van der Waals surface area contributed by atoms with Crippen molar-refractivity contribution >= 4 is 5.91 Å². The minimum atomic E-state index is 0.0920. The lowest BCUT2D eigenvalue weighted by Gasteiger charge is -2.23. The number of amides is 1. The van der Waals surface area contributed by atoms with Gasteiger partial charge in [0.25, 0.3) is 0 Å². The van der Waals surface area contributed by atoms with E-state index in [1.807, 2.05) is 11.8 Å². The van der Waals surface area contributed by atoms with Crippen molar-refractivity contribution in [2.45, 2.75) is 53.9 Å². The van der Waals surface area contributed by atoms with E-state index in [0.29, 0.717) is 13.1 Å². The van der Waals surface area contributed by atoms with Gasteiger partial charge in [0, 0.05) is 19.0 Å². The van der Waals surface area contributed by atoms with Crippen molar-refractivity contribution in [2.24, 2.45) is 5.92 Å². The van der Waals surface area contributed by atoms with Gasteiger partial charge in [-0.3, -0.25) is 4.79 Å². The van der Waals surface area contributed by atoms with Crippen LogP contribution in [0.25, 0.3) is 0 Å². The second-order valence-electron chi connectivity index (χ2n) is 5.71. The second kappa shape index (κ2) is 10.5. The Balaban J connectivity index is 4.48. The van der Waals surface area contributed by atoms with Crippen LogP contribution >= 0.6 is 0 Å². The summed E-state index contributed by atoms with van der Waals surface area (Å²) < 4.78 is 0. The van der Waals surface area contributed by atoms with Gasteiger partial charge in [0.05, 0.1) is 0 Å². The van der Waals surface area contributed by atoms with Crippen molar-refractivity contribution in [3.8, 4) is 0 Å². The molecule has 1 amide bonds. The molecule has 114 valence electrons. The molecule has 20 heavy (non-hydrogen) atoms. The van der Waals surface area contributed by atoms with Crippen LogP contribution < -0.4 is 0 Å². The monoisotopic (exact) mass is 277 g/mol. The smallest absolute Gasteiger partial charge is 0.225 e. The lowest BCUT2D eigenvalue weighted by molar-refractivity contribution is -0.134. The fraction of sp³-hybridized carbons (Fsp3) is 0.611. The Labute approximate surface area is 125 Å². The van der Waals surface area contributed by atoms with Gasteiger partial charge in [-0.05, 0) is 40.0 Å². The average Bonchev–Trinajstić information content (AvgIpc) is 2.41. The summed E-state index contributed by atoms with van der Waals surface area (Å²) in [6, 6.07) is 0. The van der Waals surface area contributed by atoms with Crippen LogP contribution in [0.15, 0.2) is 36.0 Å². The minimum Gasteiger partial charge on any atom is -0.335 e. The normalized spacial score (nSPS) is 12.8. The molecule has 0 aliphatic heterocycles. The van der Waals surface area contributed by atoms with E-state index in [-0.39, 0.29) is 11.8 Å². The molecule has 0 aliphatic rings. The van der Waals surface area contributed by atoms with E-state index in [9.17, 15) is 4.79 Å². The van der Waals surface area contributed by atoms with E-state index in [4.69, 9.17) is 0 Å². The summed E-state index contributed by atoms with van der Waals surface area (Å²) in [4.78, 5) is 14.1. The molecule has 1 atom stereocenters. The summed E-state index contributed by atoms with van der Waals surface area (Å²) in [5, 5.41) is 0. The maximum atomic E-state index is 12.2. The molecule has 0 aromatic carbocycles. The van der Waals surface area contributed by atoms with Crippen molar-refractivity contribution in [1.29, 1.82) is 0 Å². The van der Waals surface area contributed by atoms with Gasteiger partial charge in [0.1, 0.15) is 0 Å². The number of carbonyl (C=O) groups excluding carboxylic acids is 1. The van der Waals surface area contributed by atoms with Crippen LogP contribution in [0.5, 0.6) is 0 Å². The van der Waals surface area contributed by atoms with E-state index in [1.165, 1.54) is 11.1 Å². The topological polar surface area (TPSA) is 20.3 Å². The minimum absolute atomic E-state index is 0.0920. The summed E-state index contributed by atoms with van der Waals surface area (Å²) >= 11 is 0. The van der Waals surface area contributed by atoms with Crippen LogP contribution in [0.4, 0.5) is 0 Å². The van der Waals surface area contributed by atoms with Gasteiger partial charge in [-0.1, -0.05) is 43.2 Å². The van der Waals surface area contributed by atoms with Crippen LogP contribution in [-0.4, -0.2) is 23.9 Å². The molecule has 0 bridgehead atoms. The Bertz CT molecular complexity index is 362. The molecule has 0 spiro atoms. The van der Waals surface area contributed by atoms with Crippen molar-refractivity contribution in [2.75, 3.05) is 13.1 Å². The standard InChI is InChI=1S/C18H31NO/c1-7-13-19(18(20)17(6)8-2)14-12-16(5)11-9-10-15(3)4/h7,10,12,17H,1,8-9,11,13-14H2,2-6H3/b16-12-. The summed E-state index contributed by atoms with van der Waals surface area (Å²) in [5.41, 5.74) is 2.70. The molecule has 0 N–H and O–H groups in total. The molecule has 0 aliphatic carbocycles. The van der Waals surface area contributed by atoms with E-state index >= 15 is 0 Å². The highest BCUT2D eigenvalue weighted by molar-refractivity contribution is 5.78. The van der Waals surface area contributed by atoms with Crippen LogP contribution in [0.3, 0.4) is 0 Å². The van der Waals surface area contributed by atoms with Gasteiger partial charge < -0.3 is 4.90 Å². The number of hydrogen-bond acceptors (Lipinski definition) is 1. The molecule has 0 aromatic rings. The van der Waals surface area contributed by atoms with Gasteiger partial charge in [-0.25, -0.2) is 0 Å². The van der Waals surface area contributed by atoms with Crippen molar-refractivity contribution in [3.63, 3.8) is 0 Å². The van der Waals surface area contributed by atoms with Gasteiger partial charge >= 0.3 is 0 Å². The van der Waals surface area contributed by atoms with Crippen molar-refractivity contribution < 1.29 is 4.79 Å². The molecule has 2 nitrogen and oxygen atoms in total. The van der Waals surface area contributed by atoms with Crippen LogP contribution in [0.2, 0.25) is 0 Å². The Morgan fingerprint density at radius 3 is 2.35 bits per heavy atom. The van der Waals surface area contributed by atoms with E-state index in [0.717, 1.165) is 19.3 Å². The van der Waals surface area contributed by atoms with Gasteiger partial charge in [0.15, 0.2) is 0 Å². The second-order valence-corrected chi connectivity index (χ2v) is 5.71. The summed E-state index contributed by atoms with van der Waals surface area (Å²) in [6.07, 6.45) is 9.24.